The molecule has 3 aromatic rings. The molecule has 0 aliphatic heterocycles. The number of rotatable bonds is 6. The number of aromatic nitrogens is 5. The van der Waals surface area contributed by atoms with E-state index in [1.165, 1.54) is 34.2 Å². The molecular formula is C13H12N6OS2. The first-order valence-corrected chi connectivity index (χ1v) is 8.22. The lowest BCUT2D eigenvalue weighted by Gasteiger charge is -2.00. The van der Waals surface area contributed by atoms with Crippen LogP contribution in [0.25, 0.3) is 0 Å². The normalized spacial score (nSPS) is 10.5. The molecule has 112 valence electrons. The van der Waals surface area contributed by atoms with Gasteiger partial charge in [0, 0.05) is 5.75 Å². The topological polar surface area (TPSA) is 85.6 Å². The number of thioether (sulfide) groups is 1. The monoisotopic (exact) mass is 332 g/mol. The van der Waals surface area contributed by atoms with Gasteiger partial charge in [0.05, 0.1) is 0 Å². The van der Waals surface area contributed by atoms with Crippen LogP contribution in [0.4, 0.5) is 5.13 Å². The average Bonchev–Trinajstić information content (AvgIpc) is 3.18. The Morgan fingerprint density at radius 3 is 2.91 bits per heavy atom. The molecule has 0 radical (unpaired) electrons. The first-order chi connectivity index (χ1) is 10.8. The molecule has 9 heteroatoms. The van der Waals surface area contributed by atoms with E-state index in [2.05, 4.69) is 37.7 Å². The summed E-state index contributed by atoms with van der Waals surface area (Å²) in [4.78, 5) is 15.6. The summed E-state index contributed by atoms with van der Waals surface area (Å²) in [5.41, 5.74) is 1.22. The molecule has 0 unspecified atom stereocenters. The van der Waals surface area contributed by atoms with Gasteiger partial charge in [-0.3, -0.25) is 10.1 Å². The predicted octanol–water partition coefficient (Wildman–Crippen LogP) is 2.06. The highest BCUT2D eigenvalue weighted by molar-refractivity contribution is 8.00. The molecule has 2 aromatic heterocycles. The maximum absolute atomic E-state index is 11.8. The van der Waals surface area contributed by atoms with Gasteiger partial charge in [0.25, 0.3) is 0 Å². The summed E-state index contributed by atoms with van der Waals surface area (Å²) < 4.78 is 2.27. The van der Waals surface area contributed by atoms with E-state index in [9.17, 15) is 4.79 Å². The average molecular weight is 332 g/mol. The third-order valence-corrected chi connectivity index (χ3v) is 4.67. The number of benzene rings is 1. The van der Waals surface area contributed by atoms with Crippen LogP contribution < -0.4 is 5.32 Å². The summed E-state index contributed by atoms with van der Waals surface area (Å²) >= 11 is 2.95. The Balaban J connectivity index is 1.51. The number of nitrogens with zero attached hydrogens (tertiary/aromatic N) is 5. The Labute approximate surface area is 134 Å². The van der Waals surface area contributed by atoms with Gasteiger partial charge in [-0.1, -0.05) is 53.4 Å². The molecule has 0 atom stereocenters. The highest BCUT2D eigenvalue weighted by Gasteiger charge is 2.09. The van der Waals surface area contributed by atoms with Gasteiger partial charge < -0.3 is 0 Å². The highest BCUT2D eigenvalue weighted by Crippen LogP contribution is 2.28. The fourth-order valence-electron chi connectivity index (χ4n) is 1.66. The van der Waals surface area contributed by atoms with E-state index in [1.807, 2.05) is 18.2 Å². The van der Waals surface area contributed by atoms with Crippen molar-refractivity contribution >= 4 is 34.1 Å². The smallest absolute Gasteiger partial charge is 0.247 e. The second kappa shape index (κ2) is 7.14. The zero-order valence-electron chi connectivity index (χ0n) is 11.4. The molecule has 22 heavy (non-hydrogen) atoms. The van der Waals surface area contributed by atoms with Gasteiger partial charge in [-0.15, -0.1) is 10.2 Å². The van der Waals surface area contributed by atoms with Crippen LogP contribution in [-0.4, -0.2) is 30.9 Å². The Hall–Kier alpha value is -2.26. The summed E-state index contributed by atoms with van der Waals surface area (Å²) in [6.07, 6.45) is 2.87. The number of carbonyl (C=O) groups excluding carboxylic acids is 1. The van der Waals surface area contributed by atoms with Gasteiger partial charge in [0.15, 0.2) is 4.34 Å². The number of nitrogens with one attached hydrogen (secondary N) is 1. The van der Waals surface area contributed by atoms with Crippen LogP contribution in [0.1, 0.15) is 5.56 Å². The van der Waals surface area contributed by atoms with Crippen molar-refractivity contribution in [1.82, 2.24) is 25.0 Å². The van der Waals surface area contributed by atoms with Crippen LogP contribution in [0.3, 0.4) is 0 Å². The van der Waals surface area contributed by atoms with Gasteiger partial charge in [-0.05, 0) is 5.56 Å². The SMILES string of the molecule is O=C(Cn1cncn1)Nc1nnc(SCc2ccccc2)s1. The van der Waals surface area contributed by atoms with E-state index < -0.39 is 0 Å². The molecule has 2 heterocycles. The van der Waals surface area contributed by atoms with Gasteiger partial charge in [-0.25, -0.2) is 9.67 Å². The first kappa shape index (κ1) is 14.7. The lowest BCUT2D eigenvalue weighted by Crippen LogP contribution is -2.18. The molecule has 0 spiro atoms. The molecule has 3 rings (SSSR count). The Morgan fingerprint density at radius 1 is 1.27 bits per heavy atom. The zero-order valence-corrected chi connectivity index (χ0v) is 13.0. The van der Waals surface area contributed by atoms with Gasteiger partial charge in [0.2, 0.25) is 11.0 Å². The molecule has 0 saturated carbocycles. The predicted molar refractivity (Wildman–Crippen MR) is 84.6 cm³/mol. The zero-order chi connectivity index (χ0) is 15.2. The second-order valence-electron chi connectivity index (χ2n) is 4.29. The van der Waals surface area contributed by atoms with Crippen molar-refractivity contribution in [2.45, 2.75) is 16.6 Å². The maximum atomic E-state index is 11.8. The minimum atomic E-state index is -0.207. The molecule has 7 nitrogen and oxygen atoms in total. The molecule has 0 aliphatic carbocycles. The van der Waals surface area contributed by atoms with Crippen molar-refractivity contribution in [3.63, 3.8) is 0 Å². The van der Waals surface area contributed by atoms with Crippen molar-refractivity contribution in [2.75, 3.05) is 5.32 Å². The van der Waals surface area contributed by atoms with Crippen molar-refractivity contribution in [3.05, 3.63) is 48.5 Å². The quantitative estimate of drug-likeness (QED) is 0.549. The van der Waals surface area contributed by atoms with E-state index in [1.54, 1.807) is 11.8 Å². The van der Waals surface area contributed by atoms with Crippen molar-refractivity contribution in [3.8, 4) is 0 Å². The van der Waals surface area contributed by atoms with Crippen LogP contribution in [0.2, 0.25) is 0 Å². The number of amides is 1. The van der Waals surface area contributed by atoms with Gasteiger partial charge in [-0.2, -0.15) is 5.10 Å². The second-order valence-corrected chi connectivity index (χ2v) is 6.49. The molecule has 0 saturated heterocycles. The summed E-state index contributed by atoms with van der Waals surface area (Å²) in [6, 6.07) is 10.1. The van der Waals surface area contributed by atoms with Crippen LogP contribution in [0, 0.1) is 0 Å². The summed E-state index contributed by atoms with van der Waals surface area (Å²) in [5, 5.41) is 15.1. The first-order valence-electron chi connectivity index (χ1n) is 6.42. The maximum Gasteiger partial charge on any atom is 0.247 e. The number of hydrogen-bond acceptors (Lipinski definition) is 7. The molecular weight excluding hydrogens is 320 g/mol. The van der Waals surface area contributed by atoms with Gasteiger partial charge in [0.1, 0.15) is 19.2 Å². The lowest BCUT2D eigenvalue weighted by molar-refractivity contribution is -0.116. The standard InChI is InChI=1S/C13H12N6OS2/c20-11(6-19-9-14-8-15-19)16-12-17-18-13(22-12)21-7-10-4-2-1-3-5-10/h1-5,8-9H,6-7H2,(H,16,17,20). The van der Waals surface area contributed by atoms with Crippen molar-refractivity contribution in [1.29, 1.82) is 0 Å². The van der Waals surface area contributed by atoms with Crippen LogP contribution in [0.5, 0.6) is 0 Å². The molecule has 0 fully saturated rings. The highest BCUT2D eigenvalue weighted by atomic mass is 32.2. The third kappa shape index (κ3) is 4.12. The fourth-order valence-corrected chi connectivity index (χ4v) is 3.38. The Morgan fingerprint density at radius 2 is 2.14 bits per heavy atom. The van der Waals surface area contributed by atoms with E-state index >= 15 is 0 Å². The summed E-state index contributed by atoms with van der Waals surface area (Å²) in [6.45, 7) is 0.103. The molecule has 0 bridgehead atoms. The minimum absolute atomic E-state index is 0.103. The van der Waals surface area contributed by atoms with E-state index in [0.29, 0.717) is 5.13 Å². The fraction of sp³-hybridized carbons (Fsp3) is 0.154. The van der Waals surface area contributed by atoms with E-state index in [4.69, 9.17) is 0 Å². The van der Waals surface area contributed by atoms with Gasteiger partial charge >= 0.3 is 0 Å². The number of hydrogen-bond donors (Lipinski definition) is 1. The van der Waals surface area contributed by atoms with Crippen LogP contribution in [-0.2, 0) is 17.1 Å². The number of anilines is 1. The van der Waals surface area contributed by atoms with Crippen LogP contribution >= 0.6 is 23.1 Å². The molecule has 1 amide bonds. The molecule has 1 N–H and O–H groups in total. The van der Waals surface area contributed by atoms with E-state index in [-0.39, 0.29) is 12.5 Å². The lowest BCUT2D eigenvalue weighted by atomic mass is 10.2. The Kier molecular flexibility index (Phi) is 4.76. The van der Waals surface area contributed by atoms with Crippen molar-refractivity contribution < 1.29 is 4.79 Å². The number of carbonyl (C=O) groups is 1. The van der Waals surface area contributed by atoms with Crippen molar-refractivity contribution in [2.24, 2.45) is 0 Å². The summed E-state index contributed by atoms with van der Waals surface area (Å²) in [7, 11) is 0. The minimum Gasteiger partial charge on any atom is -0.299 e. The summed E-state index contributed by atoms with van der Waals surface area (Å²) in [5.74, 6) is 0.615. The third-order valence-electron chi connectivity index (χ3n) is 2.63. The van der Waals surface area contributed by atoms with Crippen LogP contribution in [0.15, 0.2) is 47.3 Å². The molecule has 0 aliphatic rings. The largest absolute Gasteiger partial charge is 0.299 e. The Bertz CT molecular complexity index is 728. The molecule has 1 aromatic carbocycles. The van der Waals surface area contributed by atoms with E-state index in [0.717, 1.165) is 10.1 Å².